The quantitative estimate of drug-likeness (QED) is 0.829. The van der Waals surface area contributed by atoms with Crippen molar-refractivity contribution < 1.29 is 8.42 Å². The van der Waals surface area contributed by atoms with E-state index >= 15 is 0 Å². The van der Waals surface area contributed by atoms with E-state index in [4.69, 9.17) is 0 Å². The molecule has 14 heavy (non-hydrogen) atoms. The first-order valence-electron chi connectivity index (χ1n) is 4.04. The maximum Gasteiger partial charge on any atom is 0.243 e. The van der Waals surface area contributed by atoms with Crippen LogP contribution in [0.5, 0.6) is 0 Å². The van der Waals surface area contributed by atoms with Gasteiger partial charge in [-0.15, -0.1) is 0 Å². The van der Waals surface area contributed by atoms with Crippen LogP contribution >= 0.6 is 15.9 Å². The Labute approximate surface area is 92.9 Å². The summed E-state index contributed by atoms with van der Waals surface area (Å²) in [6.45, 7) is 1.86. The molecule has 0 saturated heterocycles. The molecule has 1 rings (SSSR count). The molecule has 0 aliphatic carbocycles. The largest absolute Gasteiger partial charge is 0.243 e. The fraction of sp³-hybridized carbons (Fsp3) is 0.333. The van der Waals surface area contributed by atoms with E-state index in [1.54, 1.807) is 12.1 Å². The Morgan fingerprint density at radius 2 is 1.86 bits per heavy atom. The average Bonchev–Trinajstić information content (AvgIpc) is 2.08. The summed E-state index contributed by atoms with van der Waals surface area (Å²) in [7, 11) is -0.308. The molecule has 0 aliphatic heterocycles. The van der Waals surface area contributed by atoms with Crippen molar-refractivity contribution in [2.24, 2.45) is 0 Å². The first-order chi connectivity index (χ1) is 6.35. The molecule has 0 unspecified atom stereocenters. The second-order valence-corrected chi connectivity index (χ2v) is 6.20. The number of hydrogen-bond donors (Lipinski definition) is 0. The Balaban J connectivity index is 3.40. The van der Waals surface area contributed by atoms with Gasteiger partial charge in [0.2, 0.25) is 10.0 Å². The fourth-order valence-corrected chi connectivity index (χ4v) is 2.91. The van der Waals surface area contributed by atoms with Gasteiger partial charge in [-0.25, -0.2) is 12.7 Å². The van der Waals surface area contributed by atoms with E-state index in [0.717, 1.165) is 5.56 Å². The van der Waals surface area contributed by atoms with E-state index in [2.05, 4.69) is 15.9 Å². The maximum atomic E-state index is 11.8. The highest BCUT2D eigenvalue weighted by Gasteiger charge is 2.19. The molecular weight excluding hydrogens is 266 g/mol. The predicted molar refractivity (Wildman–Crippen MR) is 59.8 cm³/mol. The van der Waals surface area contributed by atoms with Crippen LogP contribution < -0.4 is 0 Å². The molecule has 0 aromatic heterocycles. The zero-order valence-corrected chi connectivity index (χ0v) is 10.7. The Hall–Kier alpha value is -0.390. The lowest BCUT2D eigenvalue weighted by Crippen LogP contribution is -2.22. The molecule has 0 spiro atoms. The van der Waals surface area contributed by atoms with Crippen molar-refractivity contribution in [2.45, 2.75) is 11.8 Å². The standard InChI is InChI=1S/C9H12BrNO2S/c1-7-4-5-8(10)9(6-7)14(12,13)11(2)3/h4-6H,1-3H3. The van der Waals surface area contributed by atoms with Gasteiger partial charge in [0.05, 0.1) is 4.90 Å². The minimum atomic E-state index is -3.34. The number of halogens is 1. The van der Waals surface area contributed by atoms with Gasteiger partial charge in [0.1, 0.15) is 0 Å². The van der Waals surface area contributed by atoms with Crippen molar-refractivity contribution in [3.8, 4) is 0 Å². The van der Waals surface area contributed by atoms with Gasteiger partial charge in [0.15, 0.2) is 0 Å². The van der Waals surface area contributed by atoms with Crippen molar-refractivity contribution in [2.75, 3.05) is 14.1 Å². The molecule has 0 fully saturated rings. The van der Waals surface area contributed by atoms with Crippen LogP contribution in [0.15, 0.2) is 27.6 Å². The lowest BCUT2D eigenvalue weighted by Gasteiger charge is -2.13. The third kappa shape index (κ3) is 2.16. The van der Waals surface area contributed by atoms with Gasteiger partial charge in [-0.3, -0.25) is 0 Å². The number of nitrogens with zero attached hydrogens (tertiary/aromatic N) is 1. The molecule has 0 amide bonds. The molecule has 0 aliphatic rings. The van der Waals surface area contributed by atoms with Gasteiger partial charge in [-0.1, -0.05) is 6.07 Å². The normalized spacial score (nSPS) is 12.1. The summed E-state index contributed by atoms with van der Waals surface area (Å²) in [5.74, 6) is 0. The highest BCUT2D eigenvalue weighted by molar-refractivity contribution is 9.10. The number of rotatable bonds is 2. The second-order valence-electron chi connectivity index (χ2n) is 3.22. The number of hydrogen-bond acceptors (Lipinski definition) is 2. The lowest BCUT2D eigenvalue weighted by atomic mass is 10.2. The van der Waals surface area contributed by atoms with Gasteiger partial charge in [0.25, 0.3) is 0 Å². The average molecular weight is 278 g/mol. The molecule has 1 aromatic rings. The smallest absolute Gasteiger partial charge is 0.207 e. The monoisotopic (exact) mass is 277 g/mol. The van der Waals surface area contributed by atoms with Crippen molar-refractivity contribution >= 4 is 26.0 Å². The van der Waals surface area contributed by atoms with E-state index in [1.165, 1.54) is 18.4 Å². The zero-order chi connectivity index (χ0) is 10.9. The lowest BCUT2D eigenvalue weighted by molar-refractivity contribution is 0.520. The topological polar surface area (TPSA) is 37.4 Å². The molecule has 78 valence electrons. The molecule has 0 saturated carbocycles. The predicted octanol–water partition coefficient (Wildman–Crippen LogP) is 2.01. The first kappa shape index (κ1) is 11.7. The maximum absolute atomic E-state index is 11.8. The summed E-state index contributed by atoms with van der Waals surface area (Å²) in [5, 5.41) is 0. The number of sulfonamides is 1. The van der Waals surface area contributed by atoms with Gasteiger partial charge in [-0.05, 0) is 40.5 Å². The van der Waals surface area contributed by atoms with Crippen LogP contribution in [-0.2, 0) is 10.0 Å². The van der Waals surface area contributed by atoms with E-state index in [-0.39, 0.29) is 0 Å². The van der Waals surface area contributed by atoms with Crippen molar-refractivity contribution in [1.82, 2.24) is 4.31 Å². The second kappa shape index (κ2) is 4.00. The molecule has 0 radical (unpaired) electrons. The van der Waals surface area contributed by atoms with E-state index < -0.39 is 10.0 Å². The summed E-state index contributed by atoms with van der Waals surface area (Å²) < 4.78 is 25.4. The summed E-state index contributed by atoms with van der Waals surface area (Å²) in [6.07, 6.45) is 0. The van der Waals surface area contributed by atoms with E-state index in [1.807, 2.05) is 13.0 Å². The summed E-state index contributed by atoms with van der Waals surface area (Å²) in [4.78, 5) is 0.308. The van der Waals surface area contributed by atoms with E-state index in [0.29, 0.717) is 9.37 Å². The highest BCUT2D eigenvalue weighted by atomic mass is 79.9. The molecule has 0 N–H and O–H groups in total. The SMILES string of the molecule is Cc1ccc(Br)c(S(=O)(=O)N(C)C)c1. The van der Waals surface area contributed by atoms with Gasteiger partial charge < -0.3 is 0 Å². The molecule has 3 nitrogen and oxygen atoms in total. The number of benzene rings is 1. The van der Waals surface area contributed by atoms with Crippen LogP contribution in [0.3, 0.4) is 0 Å². The van der Waals surface area contributed by atoms with Crippen LogP contribution in [0.1, 0.15) is 5.56 Å². The Morgan fingerprint density at radius 3 is 2.36 bits per heavy atom. The van der Waals surface area contributed by atoms with Crippen molar-refractivity contribution in [3.05, 3.63) is 28.2 Å². The summed E-state index contributed by atoms with van der Waals surface area (Å²) >= 11 is 3.23. The summed E-state index contributed by atoms with van der Waals surface area (Å²) in [5.41, 5.74) is 0.925. The van der Waals surface area contributed by atoms with Gasteiger partial charge in [-0.2, -0.15) is 0 Å². The molecule has 1 aromatic carbocycles. The first-order valence-corrected chi connectivity index (χ1v) is 6.27. The Morgan fingerprint density at radius 1 is 1.29 bits per heavy atom. The van der Waals surface area contributed by atoms with Crippen molar-refractivity contribution in [3.63, 3.8) is 0 Å². The van der Waals surface area contributed by atoms with Crippen molar-refractivity contribution in [1.29, 1.82) is 0 Å². The Bertz CT molecular complexity index is 440. The molecule has 0 heterocycles. The van der Waals surface area contributed by atoms with Crippen LogP contribution in [0.2, 0.25) is 0 Å². The number of aryl methyl sites for hydroxylation is 1. The Kier molecular flexibility index (Phi) is 3.34. The fourth-order valence-electron chi connectivity index (χ4n) is 1.00. The minimum absolute atomic E-state index is 0.308. The zero-order valence-electron chi connectivity index (χ0n) is 8.28. The van der Waals surface area contributed by atoms with Crippen LogP contribution in [0, 0.1) is 6.92 Å². The minimum Gasteiger partial charge on any atom is -0.207 e. The van der Waals surface area contributed by atoms with Crippen LogP contribution in [-0.4, -0.2) is 26.8 Å². The molecule has 5 heteroatoms. The summed E-state index contributed by atoms with van der Waals surface area (Å²) in [6, 6.07) is 5.25. The van der Waals surface area contributed by atoms with Gasteiger partial charge >= 0.3 is 0 Å². The van der Waals surface area contributed by atoms with Crippen LogP contribution in [0.4, 0.5) is 0 Å². The van der Waals surface area contributed by atoms with Crippen LogP contribution in [0.25, 0.3) is 0 Å². The molecule has 0 bridgehead atoms. The van der Waals surface area contributed by atoms with E-state index in [9.17, 15) is 8.42 Å². The highest BCUT2D eigenvalue weighted by Crippen LogP contribution is 2.24. The third-order valence-corrected chi connectivity index (χ3v) is 4.65. The third-order valence-electron chi connectivity index (χ3n) is 1.85. The molecule has 0 atom stereocenters. The van der Waals surface area contributed by atoms with Gasteiger partial charge in [0, 0.05) is 18.6 Å². The molecular formula is C9H12BrNO2S.